The average molecular weight is 361 g/mol. The van der Waals surface area contributed by atoms with Gasteiger partial charge in [0.15, 0.2) is 5.65 Å². The van der Waals surface area contributed by atoms with Gasteiger partial charge in [-0.25, -0.2) is 4.98 Å². The van der Waals surface area contributed by atoms with Crippen molar-refractivity contribution in [2.45, 2.75) is 6.42 Å². The molecule has 0 spiro atoms. The molecule has 7 heteroatoms. The third-order valence-corrected chi connectivity index (χ3v) is 4.30. The monoisotopic (exact) mass is 361 g/mol. The number of hydrogen-bond acceptors (Lipinski definition) is 6. The Bertz CT molecular complexity index is 1030. The molecule has 0 bridgehead atoms. The molecule has 2 heterocycles. The first-order chi connectivity index (χ1) is 13.3. The van der Waals surface area contributed by atoms with Crippen LogP contribution >= 0.6 is 0 Å². The van der Waals surface area contributed by atoms with Crippen molar-refractivity contribution in [3.05, 3.63) is 66.5 Å². The van der Waals surface area contributed by atoms with Gasteiger partial charge in [-0.1, -0.05) is 12.1 Å². The Morgan fingerprint density at radius 3 is 2.37 bits per heavy atom. The van der Waals surface area contributed by atoms with Crippen LogP contribution in [0.5, 0.6) is 5.75 Å². The van der Waals surface area contributed by atoms with Gasteiger partial charge in [0.25, 0.3) is 0 Å². The molecule has 4 aromatic rings. The summed E-state index contributed by atoms with van der Waals surface area (Å²) in [6, 6.07) is 15.7. The SMILES string of the molecule is COc1ccc(N(c2ccc(CCO)cc2)c2ncc3cn[nH]c3n2)cc1. The molecular formula is C20H19N5O2. The lowest BCUT2D eigenvalue weighted by atomic mass is 10.1. The Balaban J connectivity index is 1.80. The quantitative estimate of drug-likeness (QED) is 0.547. The number of benzene rings is 2. The lowest BCUT2D eigenvalue weighted by Crippen LogP contribution is -2.13. The van der Waals surface area contributed by atoms with Gasteiger partial charge in [-0.05, 0) is 48.4 Å². The van der Waals surface area contributed by atoms with Gasteiger partial charge in [-0.2, -0.15) is 10.1 Å². The summed E-state index contributed by atoms with van der Waals surface area (Å²) < 4.78 is 5.26. The Morgan fingerprint density at radius 2 is 1.70 bits per heavy atom. The van der Waals surface area contributed by atoms with Crippen molar-refractivity contribution >= 4 is 28.4 Å². The topological polar surface area (TPSA) is 87.2 Å². The predicted molar refractivity (Wildman–Crippen MR) is 104 cm³/mol. The maximum absolute atomic E-state index is 9.13. The van der Waals surface area contributed by atoms with Crippen LogP contribution in [0.2, 0.25) is 0 Å². The summed E-state index contributed by atoms with van der Waals surface area (Å²) in [5, 5.41) is 16.9. The van der Waals surface area contributed by atoms with Gasteiger partial charge in [0.2, 0.25) is 5.95 Å². The van der Waals surface area contributed by atoms with Gasteiger partial charge < -0.3 is 9.84 Å². The van der Waals surface area contributed by atoms with Gasteiger partial charge in [-0.15, -0.1) is 0 Å². The fourth-order valence-corrected chi connectivity index (χ4v) is 2.89. The third kappa shape index (κ3) is 3.45. The first-order valence-corrected chi connectivity index (χ1v) is 8.58. The summed E-state index contributed by atoms with van der Waals surface area (Å²) >= 11 is 0. The maximum Gasteiger partial charge on any atom is 0.236 e. The highest BCUT2D eigenvalue weighted by Gasteiger charge is 2.16. The molecule has 0 radical (unpaired) electrons. The van der Waals surface area contributed by atoms with E-state index in [1.165, 1.54) is 0 Å². The molecule has 2 N–H and O–H groups in total. The molecular weight excluding hydrogens is 342 g/mol. The fourth-order valence-electron chi connectivity index (χ4n) is 2.89. The van der Waals surface area contributed by atoms with E-state index < -0.39 is 0 Å². The van der Waals surface area contributed by atoms with Crippen LogP contribution in [-0.4, -0.2) is 39.0 Å². The Hall–Kier alpha value is -3.45. The second-order valence-electron chi connectivity index (χ2n) is 6.02. The number of fused-ring (bicyclic) bond motifs is 1. The van der Waals surface area contributed by atoms with Crippen LogP contribution in [0.3, 0.4) is 0 Å². The van der Waals surface area contributed by atoms with Crippen molar-refractivity contribution in [3.63, 3.8) is 0 Å². The highest BCUT2D eigenvalue weighted by molar-refractivity contribution is 5.78. The minimum absolute atomic E-state index is 0.126. The van der Waals surface area contributed by atoms with E-state index in [2.05, 4.69) is 20.2 Å². The molecule has 0 aliphatic carbocycles. The number of rotatable bonds is 6. The van der Waals surface area contributed by atoms with Gasteiger partial charge in [0.05, 0.1) is 18.7 Å². The van der Waals surface area contributed by atoms with Crippen LogP contribution in [0.4, 0.5) is 17.3 Å². The van der Waals surface area contributed by atoms with Crippen LogP contribution in [-0.2, 0) is 6.42 Å². The van der Waals surface area contributed by atoms with E-state index in [0.29, 0.717) is 18.0 Å². The lowest BCUT2D eigenvalue weighted by molar-refractivity contribution is 0.299. The molecule has 2 aromatic carbocycles. The van der Waals surface area contributed by atoms with E-state index >= 15 is 0 Å². The first-order valence-electron chi connectivity index (χ1n) is 8.58. The number of hydrogen-bond donors (Lipinski definition) is 2. The van der Waals surface area contributed by atoms with Crippen molar-refractivity contribution in [2.75, 3.05) is 18.6 Å². The number of methoxy groups -OCH3 is 1. The Labute approximate surface area is 156 Å². The third-order valence-electron chi connectivity index (χ3n) is 4.30. The van der Waals surface area contributed by atoms with Crippen molar-refractivity contribution in [1.29, 1.82) is 0 Å². The van der Waals surface area contributed by atoms with E-state index in [-0.39, 0.29) is 6.61 Å². The molecule has 0 fully saturated rings. The molecule has 0 amide bonds. The molecule has 0 aliphatic rings. The van der Waals surface area contributed by atoms with Crippen LogP contribution < -0.4 is 9.64 Å². The number of aliphatic hydroxyl groups is 1. The Morgan fingerprint density at radius 1 is 1.00 bits per heavy atom. The zero-order valence-corrected chi connectivity index (χ0v) is 14.8. The summed E-state index contributed by atoms with van der Waals surface area (Å²) in [5.74, 6) is 1.31. The average Bonchev–Trinajstić information content (AvgIpc) is 3.18. The molecule has 0 saturated carbocycles. The standard InChI is InChI=1S/C20H19N5O2/c1-27-18-8-6-17(7-9-18)25(16-4-2-14(3-5-16)10-11-26)20-21-12-15-13-22-24-19(15)23-20/h2-9,12-13,26H,10-11H2,1H3,(H,21,22,23,24). The summed E-state index contributed by atoms with van der Waals surface area (Å²) in [4.78, 5) is 11.1. The number of H-pyrrole nitrogens is 1. The van der Waals surface area contributed by atoms with Gasteiger partial charge >= 0.3 is 0 Å². The van der Waals surface area contributed by atoms with E-state index in [1.807, 2.05) is 53.4 Å². The summed E-state index contributed by atoms with van der Waals surface area (Å²) in [6.45, 7) is 0.126. The van der Waals surface area contributed by atoms with E-state index in [0.717, 1.165) is 28.1 Å². The molecule has 7 nitrogen and oxygen atoms in total. The number of ether oxygens (including phenoxy) is 1. The second-order valence-corrected chi connectivity index (χ2v) is 6.02. The van der Waals surface area contributed by atoms with Crippen LogP contribution in [0.15, 0.2) is 60.9 Å². The molecule has 0 atom stereocenters. The molecule has 0 unspecified atom stereocenters. The number of nitrogens with zero attached hydrogens (tertiary/aromatic N) is 4. The van der Waals surface area contributed by atoms with Crippen molar-refractivity contribution < 1.29 is 9.84 Å². The molecule has 27 heavy (non-hydrogen) atoms. The highest BCUT2D eigenvalue weighted by atomic mass is 16.5. The van der Waals surface area contributed by atoms with Crippen LogP contribution in [0, 0.1) is 0 Å². The van der Waals surface area contributed by atoms with Crippen LogP contribution in [0.1, 0.15) is 5.56 Å². The molecule has 2 aromatic heterocycles. The summed E-state index contributed by atoms with van der Waals surface area (Å²) in [6.07, 6.45) is 4.07. The number of nitrogens with one attached hydrogen (secondary N) is 1. The molecule has 0 saturated heterocycles. The van der Waals surface area contributed by atoms with Crippen molar-refractivity contribution in [2.24, 2.45) is 0 Å². The Kier molecular flexibility index (Phi) is 4.67. The van der Waals surface area contributed by atoms with E-state index in [1.54, 1.807) is 19.5 Å². The second kappa shape index (κ2) is 7.43. The first kappa shape index (κ1) is 17.0. The van der Waals surface area contributed by atoms with Gasteiger partial charge in [0.1, 0.15) is 5.75 Å². The number of aromatic nitrogens is 4. The normalized spacial score (nSPS) is 10.9. The molecule has 136 valence electrons. The number of anilines is 3. The molecule has 0 aliphatic heterocycles. The zero-order valence-electron chi connectivity index (χ0n) is 14.8. The van der Waals surface area contributed by atoms with Gasteiger partial charge in [0, 0.05) is 24.2 Å². The summed E-state index contributed by atoms with van der Waals surface area (Å²) in [7, 11) is 1.64. The largest absolute Gasteiger partial charge is 0.497 e. The van der Waals surface area contributed by atoms with Crippen molar-refractivity contribution in [1.82, 2.24) is 20.2 Å². The number of aliphatic hydroxyl groups excluding tert-OH is 1. The minimum Gasteiger partial charge on any atom is -0.497 e. The van der Waals surface area contributed by atoms with E-state index in [9.17, 15) is 0 Å². The predicted octanol–water partition coefficient (Wildman–Crippen LogP) is 3.37. The minimum atomic E-state index is 0.126. The smallest absolute Gasteiger partial charge is 0.236 e. The van der Waals surface area contributed by atoms with Crippen molar-refractivity contribution in [3.8, 4) is 5.75 Å². The van der Waals surface area contributed by atoms with Gasteiger partial charge in [-0.3, -0.25) is 10.00 Å². The maximum atomic E-state index is 9.13. The summed E-state index contributed by atoms with van der Waals surface area (Å²) in [5.41, 5.74) is 3.57. The molecule has 4 rings (SSSR count). The highest BCUT2D eigenvalue weighted by Crippen LogP contribution is 2.33. The number of aromatic amines is 1. The van der Waals surface area contributed by atoms with Crippen LogP contribution in [0.25, 0.3) is 11.0 Å². The van der Waals surface area contributed by atoms with E-state index in [4.69, 9.17) is 9.84 Å². The lowest BCUT2D eigenvalue weighted by Gasteiger charge is -2.23. The zero-order chi connectivity index (χ0) is 18.6. The fraction of sp³-hybridized carbons (Fsp3) is 0.150.